The molecule has 106 valence electrons. The van der Waals surface area contributed by atoms with Crippen molar-refractivity contribution in [2.24, 2.45) is 0 Å². The summed E-state index contributed by atoms with van der Waals surface area (Å²) in [4.78, 5) is 2.42. The third-order valence-electron chi connectivity index (χ3n) is 4.32. The molecule has 0 radical (unpaired) electrons. The SMILES string of the molecule is CN(CCNC1CCCCCC1)CC1CCCO1. The summed E-state index contributed by atoms with van der Waals surface area (Å²) >= 11 is 0. The molecule has 3 heteroatoms. The van der Waals surface area contributed by atoms with Gasteiger partial charge in [-0.2, -0.15) is 0 Å². The highest BCUT2D eigenvalue weighted by Gasteiger charge is 2.17. The first kappa shape index (κ1) is 14.3. The highest BCUT2D eigenvalue weighted by atomic mass is 16.5. The minimum Gasteiger partial charge on any atom is -0.377 e. The zero-order valence-corrected chi connectivity index (χ0v) is 12.0. The zero-order valence-electron chi connectivity index (χ0n) is 12.0. The van der Waals surface area contributed by atoms with Crippen LogP contribution in [0.1, 0.15) is 51.4 Å². The molecule has 1 atom stereocenters. The predicted octanol–water partition coefficient (Wildman–Crippen LogP) is 2.41. The van der Waals surface area contributed by atoms with Crippen LogP contribution < -0.4 is 5.32 Å². The van der Waals surface area contributed by atoms with Crippen molar-refractivity contribution in [3.05, 3.63) is 0 Å². The standard InChI is InChI=1S/C15H30N2O/c1-17(13-15-9-6-12-18-15)11-10-16-14-7-4-2-3-5-8-14/h14-16H,2-13H2,1H3. The van der Waals surface area contributed by atoms with E-state index in [0.29, 0.717) is 6.10 Å². The van der Waals surface area contributed by atoms with Gasteiger partial charge >= 0.3 is 0 Å². The molecule has 1 N–H and O–H groups in total. The van der Waals surface area contributed by atoms with Gasteiger partial charge in [0, 0.05) is 32.3 Å². The summed E-state index contributed by atoms with van der Waals surface area (Å²) in [7, 11) is 2.22. The van der Waals surface area contributed by atoms with E-state index >= 15 is 0 Å². The van der Waals surface area contributed by atoms with Crippen LogP contribution in [0.2, 0.25) is 0 Å². The molecule has 2 aliphatic rings. The van der Waals surface area contributed by atoms with Gasteiger partial charge in [-0.1, -0.05) is 25.7 Å². The Balaban J connectivity index is 1.53. The van der Waals surface area contributed by atoms with Crippen LogP contribution >= 0.6 is 0 Å². The smallest absolute Gasteiger partial charge is 0.0702 e. The lowest BCUT2D eigenvalue weighted by atomic mass is 10.1. The minimum atomic E-state index is 0.493. The van der Waals surface area contributed by atoms with Crippen LogP contribution in [0.25, 0.3) is 0 Å². The Morgan fingerprint density at radius 1 is 1.06 bits per heavy atom. The Kier molecular flexibility index (Phi) is 6.46. The molecule has 3 nitrogen and oxygen atoms in total. The number of hydrogen-bond acceptors (Lipinski definition) is 3. The van der Waals surface area contributed by atoms with Gasteiger partial charge in [-0.15, -0.1) is 0 Å². The summed E-state index contributed by atoms with van der Waals surface area (Å²) in [6.07, 6.45) is 11.5. The predicted molar refractivity (Wildman–Crippen MR) is 76.0 cm³/mol. The van der Waals surface area contributed by atoms with E-state index in [9.17, 15) is 0 Å². The van der Waals surface area contributed by atoms with Crippen molar-refractivity contribution < 1.29 is 4.74 Å². The van der Waals surface area contributed by atoms with Crippen LogP contribution in [0.3, 0.4) is 0 Å². The van der Waals surface area contributed by atoms with Crippen molar-refractivity contribution in [1.82, 2.24) is 10.2 Å². The Morgan fingerprint density at radius 2 is 1.83 bits per heavy atom. The molecule has 2 fully saturated rings. The van der Waals surface area contributed by atoms with Crippen LogP contribution in [0, 0.1) is 0 Å². The van der Waals surface area contributed by atoms with Crippen LogP contribution in [0.15, 0.2) is 0 Å². The van der Waals surface area contributed by atoms with E-state index in [4.69, 9.17) is 4.74 Å². The summed E-state index contributed by atoms with van der Waals surface area (Å²) in [5.74, 6) is 0. The molecule has 1 heterocycles. The largest absolute Gasteiger partial charge is 0.377 e. The summed E-state index contributed by atoms with van der Waals surface area (Å²) in [6.45, 7) is 4.36. The van der Waals surface area contributed by atoms with Gasteiger partial charge in [0.15, 0.2) is 0 Å². The van der Waals surface area contributed by atoms with Crippen LogP contribution in [-0.2, 0) is 4.74 Å². The van der Waals surface area contributed by atoms with Gasteiger partial charge in [0.1, 0.15) is 0 Å². The lowest BCUT2D eigenvalue weighted by Gasteiger charge is -2.22. The molecule has 0 aromatic rings. The maximum absolute atomic E-state index is 5.67. The molecule has 0 bridgehead atoms. The van der Waals surface area contributed by atoms with Gasteiger partial charge in [-0.25, -0.2) is 0 Å². The Labute approximate surface area is 112 Å². The minimum absolute atomic E-state index is 0.493. The van der Waals surface area contributed by atoms with Crippen molar-refractivity contribution in [2.45, 2.75) is 63.5 Å². The number of nitrogens with one attached hydrogen (secondary N) is 1. The Bertz CT molecular complexity index is 209. The third kappa shape index (κ3) is 5.25. The Hall–Kier alpha value is -0.120. The average molecular weight is 254 g/mol. The second-order valence-electron chi connectivity index (χ2n) is 6.04. The van der Waals surface area contributed by atoms with E-state index in [1.165, 1.54) is 51.4 Å². The van der Waals surface area contributed by atoms with Gasteiger partial charge in [-0.3, -0.25) is 0 Å². The maximum Gasteiger partial charge on any atom is 0.0702 e. The van der Waals surface area contributed by atoms with E-state index in [1.807, 2.05) is 0 Å². The number of ether oxygens (including phenoxy) is 1. The molecule has 1 saturated carbocycles. The van der Waals surface area contributed by atoms with Crippen molar-refractivity contribution in [3.63, 3.8) is 0 Å². The lowest BCUT2D eigenvalue weighted by Crippen LogP contribution is -2.38. The molecule has 0 spiro atoms. The highest BCUT2D eigenvalue weighted by molar-refractivity contribution is 4.72. The fraction of sp³-hybridized carbons (Fsp3) is 1.00. The number of likely N-dealkylation sites (N-methyl/N-ethyl adjacent to an activating group) is 1. The van der Waals surface area contributed by atoms with Crippen molar-refractivity contribution in [3.8, 4) is 0 Å². The van der Waals surface area contributed by atoms with Gasteiger partial charge in [-0.05, 0) is 32.7 Å². The molecule has 1 unspecified atom stereocenters. The van der Waals surface area contributed by atoms with Gasteiger partial charge in [0.2, 0.25) is 0 Å². The van der Waals surface area contributed by atoms with E-state index in [-0.39, 0.29) is 0 Å². The molecule has 18 heavy (non-hydrogen) atoms. The third-order valence-corrected chi connectivity index (χ3v) is 4.32. The molecule has 2 rings (SSSR count). The molecule has 0 aromatic carbocycles. The van der Waals surface area contributed by atoms with E-state index in [0.717, 1.165) is 32.3 Å². The number of hydrogen-bond donors (Lipinski definition) is 1. The summed E-state index contributed by atoms with van der Waals surface area (Å²) < 4.78 is 5.67. The van der Waals surface area contributed by atoms with Crippen molar-refractivity contribution in [2.75, 3.05) is 33.3 Å². The normalized spacial score (nSPS) is 26.7. The molecular weight excluding hydrogens is 224 g/mol. The fourth-order valence-electron chi connectivity index (χ4n) is 3.17. The molecule has 1 saturated heterocycles. The van der Waals surface area contributed by atoms with Crippen LogP contribution in [-0.4, -0.2) is 50.3 Å². The maximum atomic E-state index is 5.67. The second kappa shape index (κ2) is 8.13. The van der Waals surface area contributed by atoms with Gasteiger partial charge < -0.3 is 15.0 Å². The van der Waals surface area contributed by atoms with Gasteiger partial charge in [0.05, 0.1) is 6.10 Å². The molecule has 0 amide bonds. The first-order valence-electron chi connectivity index (χ1n) is 7.88. The zero-order chi connectivity index (χ0) is 12.6. The van der Waals surface area contributed by atoms with Crippen molar-refractivity contribution >= 4 is 0 Å². The highest BCUT2D eigenvalue weighted by Crippen LogP contribution is 2.17. The number of nitrogens with zero attached hydrogens (tertiary/aromatic N) is 1. The summed E-state index contributed by atoms with van der Waals surface area (Å²) in [5, 5.41) is 3.73. The molecule has 0 aromatic heterocycles. The Morgan fingerprint density at radius 3 is 2.50 bits per heavy atom. The first-order valence-corrected chi connectivity index (χ1v) is 7.88. The quantitative estimate of drug-likeness (QED) is 0.737. The van der Waals surface area contributed by atoms with E-state index in [2.05, 4.69) is 17.3 Å². The average Bonchev–Trinajstić information content (AvgIpc) is 2.72. The van der Waals surface area contributed by atoms with Gasteiger partial charge in [0.25, 0.3) is 0 Å². The fourth-order valence-corrected chi connectivity index (χ4v) is 3.17. The van der Waals surface area contributed by atoms with Crippen LogP contribution in [0.5, 0.6) is 0 Å². The molecule has 1 aliphatic heterocycles. The summed E-state index contributed by atoms with van der Waals surface area (Å²) in [6, 6.07) is 0.781. The lowest BCUT2D eigenvalue weighted by molar-refractivity contribution is 0.0812. The van der Waals surface area contributed by atoms with E-state index < -0.39 is 0 Å². The summed E-state index contributed by atoms with van der Waals surface area (Å²) in [5.41, 5.74) is 0. The van der Waals surface area contributed by atoms with Crippen molar-refractivity contribution in [1.29, 1.82) is 0 Å². The van der Waals surface area contributed by atoms with Crippen LogP contribution in [0.4, 0.5) is 0 Å². The second-order valence-corrected chi connectivity index (χ2v) is 6.04. The topological polar surface area (TPSA) is 24.5 Å². The first-order chi connectivity index (χ1) is 8.84. The molecule has 1 aliphatic carbocycles. The monoisotopic (exact) mass is 254 g/mol. The van der Waals surface area contributed by atoms with E-state index in [1.54, 1.807) is 0 Å². The molecular formula is C15H30N2O. The number of rotatable bonds is 6.